The molecule has 38 heavy (non-hydrogen) atoms. The van der Waals surface area contributed by atoms with E-state index in [1.54, 1.807) is 4.90 Å². The van der Waals surface area contributed by atoms with Crippen LogP contribution in [0.5, 0.6) is 0 Å². The molecule has 3 amide bonds. The minimum Gasteiger partial charge on any atom is -0.355 e. The Balaban J connectivity index is 1.43. The standard InChI is InChI=1S/C27H30ClF3N4O3/c1-16-11-17(3-4-22(16)28)15-34-9-7-21(8-10-34)35-23(5-6-24(35)36)26(38)33-20-13-18(25(37)32-2)12-19(14-20)27(29,30)31/h3-4,11-14,21,23H,5-10,15H2,1-2H3,(H,32,37)(H,33,38). The monoisotopic (exact) mass is 550 g/mol. The largest absolute Gasteiger partial charge is 0.416 e. The highest BCUT2D eigenvalue weighted by molar-refractivity contribution is 6.31. The number of carbonyl (C=O) groups excluding carboxylic acids is 3. The second-order valence-corrected chi connectivity index (χ2v) is 10.2. The third-order valence-corrected chi connectivity index (χ3v) is 7.58. The number of hydrogen-bond donors (Lipinski definition) is 2. The molecule has 204 valence electrons. The van der Waals surface area contributed by atoms with Crippen molar-refractivity contribution in [2.45, 2.75) is 57.4 Å². The Morgan fingerprint density at radius 1 is 1.08 bits per heavy atom. The summed E-state index contributed by atoms with van der Waals surface area (Å²) in [6, 6.07) is 7.75. The second-order valence-electron chi connectivity index (χ2n) is 9.81. The molecule has 4 rings (SSSR count). The van der Waals surface area contributed by atoms with Gasteiger partial charge in [-0.3, -0.25) is 19.3 Å². The first-order valence-electron chi connectivity index (χ1n) is 12.5. The summed E-state index contributed by atoms with van der Waals surface area (Å²) in [4.78, 5) is 41.9. The number of halogens is 4. The van der Waals surface area contributed by atoms with Crippen LogP contribution in [0.1, 0.15) is 52.7 Å². The molecule has 11 heteroatoms. The lowest BCUT2D eigenvalue weighted by Gasteiger charge is -2.39. The molecule has 0 bridgehead atoms. The fraction of sp³-hybridized carbons (Fsp3) is 0.444. The molecule has 1 unspecified atom stereocenters. The highest BCUT2D eigenvalue weighted by Crippen LogP contribution is 2.33. The van der Waals surface area contributed by atoms with E-state index in [0.717, 1.165) is 47.9 Å². The average Bonchev–Trinajstić information content (AvgIpc) is 3.27. The molecule has 0 saturated carbocycles. The van der Waals surface area contributed by atoms with Gasteiger partial charge in [0.2, 0.25) is 11.8 Å². The Bertz CT molecular complexity index is 1230. The van der Waals surface area contributed by atoms with E-state index in [2.05, 4.69) is 21.6 Å². The summed E-state index contributed by atoms with van der Waals surface area (Å²) >= 11 is 6.12. The van der Waals surface area contributed by atoms with Crippen molar-refractivity contribution in [1.82, 2.24) is 15.1 Å². The maximum absolute atomic E-state index is 13.4. The van der Waals surface area contributed by atoms with Crippen LogP contribution >= 0.6 is 11.6 Å². The third kappa shape index (κ3) is 6.30. The quantitative estimate of drug-likeness (QED) is 0.550. The molecule has 7 nitrogen and oxygen atoms in total. The number of hydrogen-bond acceptors (Lipinski definition) is 4. The third-order valence-electron chi connectivity index (χ3n) is 7.15. The number of nitrogens with zero attached hydrogens (tertiary/aromatic N) is 2. The van der Waals surface area contributed by atoms with Crippen molar-refractivity contribution in [3.8, 4) is 0 Å². The molecule has 0 aromatic heterocycles. The molecule has 2 fully saturated rings. The van der Waals surface area contributed by atoms with Gasteiger partial charge in [-0.25, -0.2) is 0 Å². The number of benzene rings is 2. The fourth-order valence-corrected chi connectivity index (χ4v) is 5.32. The van der Waals surface area contributed by atoms with Crippen molar-refractivity contribution in [3.05, 3.63) is 63.7 Å². The number of piperidine rings is 1. The van der Waals surface area contributed by atoms with Gasteiger partial charge in [0.15, 0.2) is 0 Å². The van der Waals surface area contributed by atoms with Crippen LogP contribution in [0, 0.1) is 6.92 Å². The zero-order chi connectivity index (χ0) is 27.6. The number of aryl methyl sites for hydroxylation is 1. The highest BCUT2D eigenvalue weighted by Gasteiger charge is 2.41. The number of likely N-dealkylation sites (tertiary alicyclic amines) is 2. The second kappa shape index (κ2) is 11.3. The smallest absolute Gasteiger partial charge is 0.355 e. The van der Waals surface area contributed by atoms with Crippen LogP contribution in [0.4, 0.5) is 18.9 Å². The van der Waals surface area contributed by atoms with E-state index in [1.807, 2.05) is 19.1 Å². The van der Waals surface area contributed by atoms with Gasteiger partial charge in [0.25, 0.3) is 5.91 Å². The van der Waals surface area contributed by atoms with Crippen LogP contribution in [0.2, 0.25) is 5.02 Å². The summed E-state index contributed by atoms with van der Waals surface area (Å²) in [5, 5.41) is 5.54. The molecule has 2 N–H and O–H groups in total. The Hall–Kier alpha value is -3.11. The van der Waals surface area contributed by atoms with Crippen LogP contribution in [0.25, 0.3) is 0 Å². The van der Waals surface area contributed by atoms with Gasteiger partial charge in [-0.2, -0.15) is 13.2 Å². The molecule has 2 saturated heterocycles. The zero-order valence-electron chi connectivity index (χ0n) is 21.2. The molecular formula is C27H30ClF3N4O3. The van der Waals surface area contributed by atoms with Crippen LogP contribution < -0.4 is 10.6 Å². The Morgan fingerprint density at radius 2 is 1.79 bits per heavy atom. The summed E-state index contributed by atoms with van der Waals surface area (Å²) in [6.07, 6.45) is -2.83. The normalized spacial score (nSPS) is 19.1. The van der Waals surface area contributed by atoms with Crippen LogP contribution in [-0.2, 0) is 22.3 Å². The summed E-state index contributed by atoms with van der Waals surface area (Å²) < 4.78 is 40.2. The van der Waals surface area contributed by atoms with Crippen molar-refractivity contribution < 1.29 is 27.6 Å². The Kier molecular flexibility index (Phi) is 8.32. The Morgan fingerprint density at radius 3 is 2.42 bits per heavy atom. The zero-order valence-corrected chi connectivity index (χ0v) is 22.0. The Labute approximate surface area is 224 Å². The first kappa shape index (κ1) is 27.9. The molecular weight excluding hydrogens is 521 g/mol. The maximum Gasteiger partial charge on any atom is 0.416 e. The van der Waals surface area contributed by atoms with Crippen molar-refractivity contribution >= 4 is 35.0 Å². The van der Waals surface area contributed by atoms with Gasteiger partial charge in [-0.15, -0.1) is 0 Å². The molecule has 2 aliphatic rings. The van der Waals surface area contributed by atoms with Gasteiger partial charge >= 0.3 is 6.18 Å². The minimum absolute atomic E-state index is 0.132. The lowest BCUT2D eigenvalue weighted by atomic mass is 10.0. The molecule has 0 spiro atoms. The van der Waals surface area contributed by atoms with Gasteiger partial charge in [0, 0.05) is 55.4 Å². The molecule has 2 aromatic rings. The van der Waals surface area contributed by atoms with Crippen LogP contribution in [0.3, 0.4) is 0 Å². The molecule has 1 atom stereocenters. The molecule has 0 radical (unpaired) electrons. The predicted molar refractivity (Wildman–Crippen MR) is 138 cm³/mol. The number of amides is 3. The first-order chi connectivity index (χ1) is 18.0. The number of alkyl halides is 3. The molecule has 0 aliphatic carbocycles. The van der Waals surface area contributed by atoms with Crippen LogP contribution in [0.15, 0.2) is 36.4 Å². The number of nitrogens with one attached hydrogen (secondary N) is 2. The van der Waals surface area contributed by atoms with Crippen molar-refractivity contribution in [2.75, 3.05) is 25.5 Å². The van der Waals surface area contributed by atoms with E-state index in [-0.39, 0.29) is 36.0 Å². The summed E-state index contributed by atoms with van der Waals surface area (Å²) in [6.45, 7) is 4.20. The molecule has 2 heterocycles. The summed E-state index contributed by atoms with van der Waals surface area (Å²) in [5.41, 5.74) is 0.753. The van der Waals surface area contributed by atoms with Gasteiger partial charge < -0.3 is 15.5 Å². The lowest BCUT2D eigenvalue weighted by molar-refractivity contribution is -0.137. The summed E-state index contributed by atoms with van der Waals surface area (Å²) in [7, 11) is 1.31. The molecule has 2 aliphatic heterocycles. The average molecular weight is 551 g/mol. The molecule has 2 aromatic carbocycles. The lowest BCUT2D eigenvalue weighted by Crippen LogP contribution is -2.51. The fourth-order valence-electron chi connectivity index (χ4n) is 5.20. The van der Waals surface area contributed by atoms with Gasteiger partial charge in [-0.1, -0.05) is 23.7 Å². The number of anilines is 1. The van der Waals surface area contributed by atoms with E-state index >= 15 is 0 Å². The first-order valence-corrected chi connectivity index (χ1v) is 12.9. The van der Waals surface area contributed by atoms with E-state index < -0.39 is 29.6 Å². The van der Waals surface area contributed by atoms with E-state index in [1.165, 1.54) is 13.1 Å². The van der Waals surface area contributed by atoms with Crippen molar-refractivity contribution in [1.29, 1.82) is 0 Å². The summed E-state index contributed by atoms with van der Waals surface area (Å²) in [5.74, 6) is -1.39. The van der Waals surface area contributed by atoms with E-state index in [0.29, 0.717) is 12.8 Å². The highest BCUT2D eigenvalue weighted by atomic mass is 35.5. The van der Waals surface area contributed by atoms with E-state index in [9.17, 15) is 27.6 Å². The minimum atomic E-state index is -4.70. The SMILES string of the molecule is CNC(=O)c1cc(NC(=O)C2CCC(=O)N2C2CCN(Cc3ccc(Cl)c(C)c3)CC2)cc(C(F)(F)F)c1. The number of rotatable bonds is 6. The predicted octanol–water partition coefficient (Wildman–Crippen LogP) is 4.62. The number of carbonyl (C=O) groups is 3. The van der Waals surface area contributed by atoms with Crippen LogP contribution in [-0.4, -0.2) is 59.7 Å². The van der Waals surface area contributed by atoms with Crippen molar-refractivity contribution in [3.63, 3.8) is 0 Å². The van der Waals surface area contributed by atoms with E-state index in [4.69, 9.17) is 11.6 Å². The van der Waals surface area contributed by atoms with Crippen molar-refractivity contribution in [2.24, 2.45) is 0 Å². The van der Waals surface area contributed by atoms with Gasteiger partial charge in [0.05, 0.1) is 5.56 Å². The van der Waals surface area contributed by atoms with Gasteiger partial charge in [0.1, 0.15) is 6.04 Å². The topological polar surface area (TPSA) is 81.8 Å². The maximum atomic E-state index is 13.4. The van der Waals surface area contributed by atoms with Gasteiger partial charge in [-0.05, 0) is 61.6 Å².